The van der Waals surface area contributed by atoms with Crippen molar-refractivity contribution in [3.8, 4) is 11.4 Å². The minimum atomic E-state index is -0.552. The number of benzene rings is 1. The zero-order valence-corrected chi connectivity index (χ0v) is 34.2. The highest BCUT2D eigenvalue weighted by Crippen LogP contribution is 2.44. The lowest BCUT2D eigenvalue weighted by Crippen LogP contribution is -2.44. The lowest BCUT2D eigenvalue weighted by molar-refractivity contribution is 0.0507. The average molecular weight is 788 g/mol. The highest BCUT2D eigenvalue weighted by atomic mass is 35.5. The average Bonchev–Trinajstić information content (AvgIpc) is 3.64. The zero-order valence-electron chi connectivity index (χ0n) is 33.5. The Morgan fingerprint density at radius 3 is 2.04 bits per heavy atom. The highest BCUT2D eigenvalue weighted by Gasteiger charge is 2.42. The van der Waals surface area contributed by atoms with Crippen LogP contribution in [0.2, 0.25) is 5.02 Å². The van der Waals surface area contributed by atoms with Crippen molar-refractivity contribution in [2.45, 2.75) is 59.8 Å². The van der Waals surface area contributed by atoms with Crippen LogP contribution in [0.15, 0.2) is 36.2 Å². The summed E-state index contributed by atoms with van der Waals surface area (Å²) in [6, 6.07) is 5.96. The Labute approximate surface area is 331 Å². The summed E-state index contributed by atoms with van der Waals surface area (Å²) >= 11 is 6.67. The quantitative estimate of drug-likeness (QED) is 0.130. The molecule has 0 saturated carbocycles. The van der Waals surface area contributed by atoms with Crippen molar-refractivity contribution in [1.29, 1.82) is 0 Å². The van der Waals surface area contributed by atoms with Crippen LogP contribution in [0.4, 0.5) is 17.3 Å². The molecule has 0 bridgehead atoms. The van der Waals surface area contributed by atoms with Gasteiger partial charge in [-0.1, -0.05) is 39.3 Å². The van der Waals surface area contributed by atoms with Crippen molar-refractivity contribution in [2.24, 2.45) is 19.5 Å². The third kappa shape index (κ3) is 7.61. The number of rotatable bonds is 7. The van der Waals surface area contributed by atoms with E-state index in [4.69, 9.17) is 26.1 Å². The molecular formula is C40H50ClN9O6. The Morgan fingerprint density at radius 2 is 1.46 bits per heavy atom. The number of ether oxygens (including phenoxy) is 2. The van der Waals surface area contributed by atoms with Gasteiger partial charge in [0, 0.05) is 79.8 Å². The highest BCUT2D eigenvalue weighted by molar-refractivity contribution is 6.33. The van der Waals surface area contributed by atoms with Crippen LogP contribution in [-0.4, -0.2) is 104 Å². The van der Waals surface area contributed by atoms with E-state index in [2.05, 4.69) is 51.2 Å². The number of aliphatic hydroxyl groups excluding tert-OH is 1. The van der Waals surface area contributed by atoms with E-state index >= 15 is 0 Å². The van der Waals surface area contributed by atoms with E-state index in [0.29, 0.717) is 52.9 Å². The molecule has 15 nitrogen and oxygen atoms in total. The molecule has 1 fully saturated rings. The van der Waals surface area contributed by atoms with Crippen LogP contribution in [0.1, 0.15) is 89.7 Å². The van der Waals surface area contributed by atoms with Gasteiger partial charge in [-0.05, 0) is 57.4 Å². The molecule has 56 heavy (non-hydrogen) atoms. The summed E-state index contributed by atoms with van der Waals surface area (Å²) in [4.78, 5) is 51.1. The molecule has 298 valence electrons. The van der Waals surface area contributed by atoms with Gasteiger partial charge in [-0.2, -0.15) is 10.2 Å². The first-order valence-corrected chi connectivity index (χ1v) is 19.1. The summed E-state index contributed by atoms with van der Waals surface area (Å²) in [5, 5.41) is 21.9. The molecule has 2 aliphatic carbocycles. The molecular weight excluding hydrogens is 738 g/mol. The number of anilines is 3. The molecule has 0 atom stereocenters. The van der Waals surface area contributed by atoms with E-state index < -0.39 is 17.4 Å². The van der Waals surface area contributed by atoms with Gasteiger partial charge in [0.05, 0.1) is 41.6 Å². The number of aliphatic hydroxyl groups is 1. The van der Waals surface area contributed by atoms with Crippen molar-refractivity contribution in [1.82, 2.24) is 34.4 Å². The second-order valence-corrected chi connectivity index (χ2v) is 16.0. The summed E-state index contributed by atoms with van der Waals surface area (Å²) in [6.45, 7) is 16.0. The van der Waals surface area contributed by atoms with Crippen molar-refractivity contribution in [3.63, 3.8) is 0 Å². The second-order valence-electron chi connectivity index (χ2n) is 15.6. The van der Waals surface area contributed by atoms with Crippen LogP contribution in [0.3, 0.4) is 0 Å². The van der Waals surface area contributed by atoms with E-state index in [0.717, 1.165) is 66.3 Å². The van der Waals surface area contributed by atoms with E-state index in [9.17, 15) is 19.5 Å². The van der Waals surface area contributed by atoms with E-state index in [1.165, 1.54) is 4.68 Å². The van der Waals surface area contributed by atoms with E-state index in [1.54, 1.807) is 25.6 Å². The minimum absolute atomic E-state index is 0.183. The number of nitrogens with one attached hydrogen (secondary N) is 1. The van der Waals surface area contributed by atoms with Crippen molar-refractivity contribution in [3.05, 3.63) is 75.0 Å². The number of Topliss-reactive ketones (excluding diaryl/α,β-unsaturated/α-hetero) is 1. The smallest absolute Gasteiger partial charge is 0.359 e. The molecule has 1 aliphatic heterocycles. The fourth-order valence-corrected chi connectivity index (χ4v) is 7.96. The van der Waals surface area contributed by atoms with Gasteiger partial charge in [-0.3, -0.25) is 14.2 Å². The fraction of sp³-hybridized carbons (Fsp3) is 0.475. The Kier molecular flexibility index (Phi) is 11.3. The standard InChI is InChI=1S/C26H32ClN7O2.C14H18N2O4/c1-6-36-24(35)21-17-14-26(2,3)18-15-28-25(30-22(18)23(17)33(5)31-21)29-16-7-8-20(19(27)13-16)34-11-9-32(4)10-12-34;1-5-20-13(19)10-8-6-14(2,3)9(7-17)12(18)11(8)16(4)15-10/h7-8,13,15H,6,9-12,14H2,1-5H3,(H,28,29,30);7,17H,5-6H2,1-4H3/b;9-7+. The first-order chi connectivity index (χ1) is 26.5. The first kappa shape index (κ1) is 40.4. The molecule has 4 heterocycles. The number of allylic oxidation sites excluding steroid dienone is 1. The maximum absolute atomic E-state index is 12.6. The Bertz CT molecular complexity index is 2210. The Morgan fingerprint density at radius 1 is 0.893 bits per heavy atom. The van der Waals surface area contributed by atoms with Gasteiger partial charge in [-0.15, -0.1) is 0 Å². The number of fused-ring (bicyclic) bond motifs is 4. The largest absolute Gasteiger partial charge is 0.515 e. The number of hydrogen-bond donors (Lipinski definition) is 2. The molecule has 16 heteroatoms. The van der Waals surface area contributed by atoms with Crippen LogP contribution in [-0.2, 0) is 41.8 Å². The molecule has 0 amide bonds. The third-order valence-electron chi connectivity index (χ3n) is 10.6. The van der Waals surface area contributed by atoms with E-state index in [-0.39, 0.29) is 23.5 Å². The maximum Gasteiger partial charge on any atom is 0.359 e. The monoisotopic (exact) mass is 787 g/mol. The van der Waals surface area contributed by atoms with Gasteiger partial charge in [-0.25, -0.2) is 19.6 Å². The lowest BCUT2D eigenvalue weighted by atomic mass is 9.71. The summed E-state index contributed by atoms with van der Waals surface area (Å²) in [7, 11) is 5.57. The van der Waals surface area contributed by atoms with Crippen LogP contribution in [0.25, 0.3) is 11.4 Å². The molecule has 3 aromatic heterocycles. The topological polar surface area (TPSA) is 170 Å². The van der Waals surface area contributed by atoms with Gasteiger partial charge >= 0.3 is 11.9 Å². The van der Waals surface area contributed by atoms with Gasteiger partial charge in [0.25, 0.3) is 0 Å². The van der Waals surface area contributed by atoms with Crippen LogP contribution in [0, 0.1) is 5.41 Å². The van der Waals surface area contributed by atoms with Gasteiger partial charge in [0.2, 0.25) is 11.7 Å². The number of carbonyl (C=O) groups excluding carboxylic acids is 3. The predicted octanol–water partition coefficient (Wildman–Crippen LogP) is 5.84. The van der Waals surface area contributed by atoms with Crippen molar-refractivity contribution in [2.75, 3.05) is 56.7 Å². The Hall–Kier alpha value is -5.28. The number of hydrogen-bond acceptors (Lipinski definition) is 13. The molecule has 0 spiro atoms. The number of likely N-dealkylation sites (N-methyl/N-ethyl adjacent to an activating group) is 1. The van der Waals surface area contributed by atoms with E-state index in [1.807, 2.05) is 45.3 Å². The number of aromatic nitrogens is 6. The van der Waals surface area contributed by atoms with Crippen LogP contribution in [0.5, 0.6) is 0 Å². The van der Waals surface area contributed by atoms with Gasteiger partial charge < -0.3 is 29.7 Å². The van der Waals surface area contributed by atoms with Crippen LogP contribution >= 0.6 is 11.6 Å². The fourth-order valence-electron chi connectivity index (χ4n) is 7.66. The molecule has 4 aromatic rings. The number of piperazine rings is 1. The molecule has 0 radical (unpaired) electrons. The number of esters is 2. The molecule has 2 N–H and O–H groups in total. The second kappa shape index (κ2) is 15.7. The van der Waals surface area contributed by atoms with Crippen molar-refractivity contribution < 1.29 is 29.0 Å². The zero-order chi connectivity index (χ0) is 40.7. The lowest BCUT2D eigenvalue weighted by Gasteiger charge is -2.34. The van der Waals surface area contributed by atoms with Crippen molar-refractivity contribution >= 4 is 46.6 Å². The SMILES string of the molecule is CCOC(=O)c1nn(C)c2c1CC(C)(C)/C(=C/O)C2=O.CCOC(=O)c1nn(C)c2c1CC(C)(C)c1cnc(Nc3ccc(N4CCN(C)CC4)c(Cl)c3)nc1-2. The minimum Gasteiger partial charge on any atom is -0.515 e. The Balaban J connectivity index is 0.000000225. The van der Waals surface area contributed by atoms with Gasteiger partial charge in [0.15, 0.2) is 11.4 Å². The molecule has 3 aliphatic rings. The number of nitrogens with zero attached hydrogens (tertiary/aromatic N) is 8. The number of ketones is 1. The maximum atomic E-state index is 12.6. The summed E-state index contributed by atoms with van der Waals surface area (Å²) in [5.74, 6) is -0.774. The first-order valence-electron chi connectivity index (χ1n) is 18.7. The number of halogens is 1. The molecule has 0 unspecified atom stereocenters. The normalized spacial score (nSPS) is 17.6. The molecule has 7 rings (SSSR count). The molecule has 1 saturated heterocycles. The third-order valence-corrected chi connectivity index (χ3v) is 10.9. The summed E-state index contributed by atoms with van der Waals surface area (Å²) < 4.78 is 13.3. The number of aryl methyl sites for hydroxylation is 2. The van der Waals surface area contributed by atoms with Gasteiger partial charge in [0.1, 0.15) is 5.69 Å². The summed E-state index contributed by atoms with van der Waals surface area (Å²) in [5.41, 5.74) is 6.28. The van der Waals surface area contributed by atoms with Crippen LogP contribution < -0.4 is 10.2 Å². The number of carbonyl (C=O) groups is 3. The predicted molar refractivity (Wildman–Crippen MR) is 213 cm³/mol. The molecule has 1 aromatic carbocycles. The summed E-state index contributed by atoms with van der Waals surface area (Å²) in [6.07, 6.45) is 3.81.